The van der Waals surface area contributed by atoms with Gasteiger partial charge in [-0.25, -0.2) is 9.97 Å². The number of rotatable bonds is 2. The Bertz CT molecular complexity index is 530. The van der Waals surface area contributed by atoms with Gasteiger partial charge >= 0.3 is 0 Å². The molecule has 0 aliphatic rings. The number of allylic oxidation sites excluding steroid dienone is 2. The molecule has 2 rings (SSSR count). The standard InChI is InChI=1S/C11H12N4O/c1-3-7(2)8-6-9(16-15-8)10-11(12)14-5-4-13-10/h3-6H,1-2H3,(H2,12,14)/b7-3+. The molecule has 5 heteroatoms. The van der Waals surface area contributed by atoms with Gasteiger partial charge in [-0.3, -0.25) is 0 Å². The summed E-state index contributed by atoms with van der Waals surface area (Å²) in [4.78, 5) is 8.05. The minimum absolute atomic E-state index is 0.336. The highest BCUT2D eigenvalue weighted by molar-refractivity contribution is 5.69. The molecule has 0 aromatic carbocycles. The highest BCUT2D eigenvalue weighted by Gasteiger charge is 2.11. The highest BCUT2D eigenvalue weighted by Crippen LogP contribution is 2.24. The molecule has 0 unspecified atom stereocenters. The van der Waals surface area contributed by atoms with Gasteiger partial charge in [0.2, 0.25) is 0 Å². The summed E-state index contributed by atoms with van der Waals surface area (Å²) in [6.45, 7) is 3.90. The summed E-state index contributed by atoms with van der Waals surface area (Å²) in [7, 11) is 0. The molecule has 0 aliphatic carbocycles. The largest absolute Gasteiger partial charge is 0.382 e. The Morgan fingerprint density at radius 3 is 2.81 bits per heavy atom. The normalized spacial score (nSPS) is 11.8. The SMILES string of the molecule is C/C=C(\C)c1cc(-c2nccnc2N)on1. The maximum Gasteiger partial charge on any atom is 0.189 e. The second kappa shape index (κ2) is 4.14. The lowest BCUT2D eigenvalue weighted by atomic mass is 10.2. The van der Waals surface area contributed by atoms with Gasteiger partial charge in [0.1, 0.15) is 5.69 Å². The second-order valence-corrected chi connectivity index (χ2v) is 3.34. The predicted octanol–water partition coefficient (Wildman–Crippen LogP) is 2.14. The molecule has 0 fully saturated rings. The van der Waals surface area contributed by atoms with E-state index in [1.807, 2.05) is 19.9 Å². The molecule has 2 aromatic heterocycles. The number of nitrogen functional groups attached to an aromatic ring is 1. The fourth-order valence-electron chi connectivity index (χ4n) is 1.26. The van der Waals surface area contributed by atoms with E-state index in [0.717, 1.165) is 11.3 Å². The Morgan fingerprint density at radius 2 is 2.12 bits per heavy atom. The molecular weight excluding hydrogens is 204 g/mol. The number of anilines is 1. The molecule has 0 saturated carbocycles. The van der Waals surface area contributed by atoms with E-state index in [1.54, 1.807) is 12.3 Å². The van der Waals surface area contributed by atoms with Crippen molar-refractivity contribution in [2.45, 2.75) is 13.8 Å². The van der Waals surface area contributed by atoms with Crippen molar-refractivity contribution in [1.29, 1.82) is 0 Å². The molecule has 2 N–H and O–H groups in total. The minimum Gasteiger partial charge on any atom is -0.382 e. The van der Waals surface area contributed by atoms with Crippen LogP contribution in [0.25, 0.3) is 17.0 Å². The zero-order valence-corrected chi connectivity index (χ0v) is 9.14. The lowest BCUT2D eigenvalue weighted by Crippen LogP contribution is -1.94. The van der Waals surface area contributed by atoms with Crippen LogP contribution in [0.1, 0.15) is 19.5 Å². The Kier molecular flexibility index (Phi) is 2.68. The summed E-state index contributed by atoms with van der Waals surface area (Å²) >= 11 is 0. The Balaban J connectivity index is 2.43. The van der Waals surface area contributed by atoms with E-state index in [0.29, 0.717) is 17.3 Å². The molecule has 16 heavy (non-hydrogen) atoms. The predicted molar refractivity (Wildman–Crippen MR) is 61.3 cm³/mol. The second-order valence-electron chi connectivity index (χ2n) is 3.34. The molecule has 0 spiro atoms. The van der Waals surface area contributed by atoms with E-state index >= 15 is 0 Å². The molecule has 5 nitrogen and oxygen atoms in total. The molecular formula is C11H12N4O. The van der Waals surface area contributed by atoms with Crippen molar-refractivity contribution in [2.75, 3.05) is 5.73 Å². The van der Waals surface area contributed by atoms with Gasteiger partial charge in [-0.1, -0.05) is 11.2 Å². The molecule has 0 saturated heterocycles. The van der Waals surface area contributed by atoms with E-state index in [1.165, 1.54) is 6.20 Å². The van der Waals surface area contributed by atoms with Crippen molar-refractivity contribution < 1.29 is 4.52 Å². The summed E-state index contributed by atoms with van der Waals surface area (Å²) in [5.74, 6) is 0.866. The summed E-state index contributed by atoms with van der Waals surface area (Å²) in [5.41, 5.74) is 8.03. The number of nitrogens with two attached hydrogens (primary N) is 1. The molecule has 0 aliphatic heterocycles. The first-order valence-electron chi connectivity index (χ1n) is 4.89. The Labute approximate surface area is 93.0 Å². The summed E-state index contributed by atoms with van der Waals surface area (Å²) in [6, 6.07) is 1.80. The fraction of sp³-hybridized carbons (Fsp3) is 0.182. The number of nitrogens with zero attached hydrogens (tertiary/aromatic N) is 3. The molecule has 2 aromatic rings. The number of hydrogen-bond acceptors (Lipinski definition) is 5. The van der Waals surface area contributed by atoms with E-state index in [9.17, 15) is 0 Å². The van der Waals surface area contributed by atoms with E-state index in [4.69, 9.17) is 10.3 Å². The van der Waals surface area contributed by atoms with Crippen molar-refractivity contribution in [2.24, 2.45) is 0 Å². The summed E-state index contributed by atoms with van der Waals surface area (Å²) in [5, 5.41) is 3.94. The van der Waals surface area contributed by atoms with Crippen LogP contribution < -0.4 is 5.73 Å². The summed E-state index contributed by atoms with van der Waals surface area (Å²) < 4.78 is 5.18. The topological polar surface area (TPSA) is 77.8 Å². The van der Waals surface area contributed by atoms with Gasteiger partial charge < -0.3 is 10.3 Å². The quantitative estimate of drug-likeness (QED) is 0.832. The Hall–Kier alpha value is -2.17. The van der Waals surface area contributed by atoms with Gasteiger partial charge in [0.05, 0.1) is 0 Å². The zero-order valence-electron chi connectivity index (χ0n) is 9.14. The molecule has 82 valence electrons. The van der Waals surface area contributed by atoms with Gasteiger partial charge in [0.15, 0.2) is 17.3 Å². The lowest BCUT2D eigenvalue weighted by molar-refractivity contribution is 0.429. The van der Waals surface area contributed by atoms with Crippen LogP contribution in [0.4, 0.5) is 5.82 Å². The maximum atomic E-state index is 5.69. The van der Waals surface area contributed by atoms with Gasteiger partial charge in [0, 0.05) is 18.5 Å². The first kappa shape index (κ1) is 10.4. The van der Waals surface area contributed by atoms with Crippen molar-refractivity contribution in [3.63, 3.8) is 0 Å². The maximum absolute atomic E-state index is 5.69. The average molecular weight is 216 g/mol. The van der Waals surface area contributed by atoms with Crippen LogP contribution in [-0.4, -0.2) is 15.1 Å². The Morgan fingerprint density at radius 1 is 1.38 bits per heavy atom. The molecule has 0 atom stereocenters. The van der Waals surface area contributed by atoms with Gasteiger partial charge in [0.25, 0.3) is 0 Å². The molecule has 0 bridgehead atoms. The average Bonchev–Trinajstić information content (AvgIpc) is 2.78. The van der Waals surface area contributed by atoms with Crippen molar-refractivity contribution in [1.82, 2.24) is 15.1 Å². The van der Waals surface area contributed by atoms with Crippen LogP contribution in [0.5, 0.6) is 0 Å². The molecule has 2 heterocycles. The van der Waals surface area contributed by atoms with Gasteiger partial charge in [-0.15, -0.1) is 0 Å². The van der Waals surface area contributed by atoms with Crippen LogP contribution in [-0.2, 0) is 0 Å². The fourth-order valence-corrected chi connectivity index (χ4v) is 1.26. The number of hydrogen-bond donors (Lipinski definition) is 1. The van der Waals surface area contributed by atoms with Crippen LogP contribution in [0.15, 0.2) is 29.1 Å². The zero-order chi connectivity index (χ0) is 11.5. The van der Waals surface area contributed by atoms with Gasteiger partial charge in [-0.2, -0.15) is 0 Å². The highest BCUT2D eigenvalue weighted by atomic mass is 16.5. The summed E-state index contributed by atoms with van der Waals surface area (Å²) in [6.07, 6.45) is 5.06. The third-order valence-corrected chi connectivity index (χ3v) is 2.31. The first-order valence-corrected chi connectivity index (χ1v) is 4.89. The van der Waals surface area contributed by atoms with E-state index < -0.39 is 0 Å². The van der Waals surface area contributed by atoms with E-state index in [-0.39, 0.29) is 0 Å². The van der Waals surface area contributed by atoms with Crippen molar-refractivity contribution >= 4 is 11.4 Å². The lowest BCUT2D eigenvalue weighted by Gasteiger charge is -1.96. The smallest absolute Gasteiger partial charge is 0.189 e. The minimum atomic E-state index is 0.336. The van der Waals surface area contributed by atoms with Crippen LogP contribution in [0.3, 0.4) is 0 Å². The third kappa shape index (κ3) is 1.79. The van der Waals surface area contributed by atoms with E-state index in [2.05, 4.69) is 15.1 Å². The number of aromatic nitrogens is 3. The first-order chi connectivity index (χ1) is 7.72. The molecule has 0 amide bonds. The van der Waals surface area contributed by atoms with Crippen molar-refractivity contribution in [3.05, 3.63) is 30.2 Å². The van der Waals surface area contributed by atoms with Crippen LogP contribution in [0, 0.1) is 0 Å². The van der Waals surface area contributed by atoms with Crippen molar-refractivity contribution in [3.8, 4) is 11.5 Å². The monoisotopic (exact) mass is 216 g/mol. The van der Waals surface area contributed by atoms with Crippen LogP contribution in [0.2, 0.25) is 0 Å². The van der Waals surface area contributed by atoms with Crippen LogP contribution >= 0.6 is 0 Å². The third-order valence-electron chi connectivity index (χ3n) is 2.31. The van der Waals surface area contributed by atoms with Gasteiger partial charge in [-0.05, 0) is 19.4 Å². The molecule has 0 radical (unpaired) electrons.